The number of hydrogen-bond donors (Lipinski definition) is 6. The summed E-state index contributed by atoms with van der Waals surface area (Å²) in [4.78, 5) is 13.1. The maximum Gasteiger partial charge on any atom is 0.220 e. The molecule has 0 saturated carbocycles. The molecule has 1 aliphatic heterocycles. The van der Waals surface area contributed by atoms with Gasteiger partial charge in [-0.15, -0.1) is 0 Å². The Labute approximate surface area is 436 Å². The summed E-state index contributed by atoms with van der Waals surface area (Å²) in [6, 6.07) is -0.834. The average molecular weight is 1000 g/mol. The van der Waals surface area contributed by atoms with Crippen LogP contribution in [0.1, 0.15) is 271 Å². The molecule has 1 aliphatic rings. The van der Waals surface area contributed by atoms with Gasteiger partial charge in [-0.25, -0.2) is 0 Å². The number of amides is 1. The highest BCUT2D eigenvalue weighted by Gasteiger charge is 2.44. The van der Waals surface area contributed by atoms with E-state index in [9.17, 15) is 30.3 Å². The van der Waals surface area contributed by atoms with Crippen molar-refractivity contribution in [3.05, 3.63) is 60.8 Å². The van der Waals surface area contributed by atoms with E-state index in [-0.39, 0.29) is 12.5 Å². The van der Waals surface area contributed by atoms with Crippen LogP contribution in [-0.4, -0.2) is 87.5 Å². The first kappa shape index (κ1) is 66.9. The number of allylic oxidation sites excluding steroid dienone is 9. The summed E-state index contributed by atoms with van der Waals surface area (Å²) in [7, 11) is 0. The third-order valence-electron chi connectivity index (χ3n) is 14.0. The van der Waals surface area contributed by atoms with Crippen molar-refractivity contribution in [2.45, 2.75) is 314 Å². The zero-order chi connectivity index (χ0) is 51.5. The van der Waals surface area contributed by atoms with E-state index < -0.39 is 49.5 Å². The third kappa shape index (κ3) is 40.9. The maximum absolute atomic E-state index is 13.1. The van der Waals surface area contributed by atoms with Crippen LogP contribution in [0.4, 0.5) is 0 Å². The monoisotopic (exact) mass is 1000 g/mol. The van der Waals surface area contributed by atoms with E-state index in [1.807, 2.05) is 6.08 Å². The molecule has 71 heavy (non-hydrogen) atoms. The van der Waals surface area contributed by atoms with Crippen molar-refractivity contribution in [1.82, 2.24) is 5.32 Å². The number of rotatable bonds is 51. The average Bonchev–Trinajstić information content (AvgIpc) is 3.37. The second-order valence-electron chi connectivity index (χ2n) is 20.8. The van der Waals surface area contributed by atoms with E-state index in [4.69, 9.17) is 9.47 Å². The minimum atomic E-state index is -1.58. The highest BCUT2D eigenvalue weighted by atomic mass is 16.7. The zero-order valence-electron chi connectivity index (χ0n) is 46.0. The molecule has 1 fully saturated rings. The molecule has 9 heteroatoms. The molecule has 414 valence electrons. The van der Waals surface area contributed by atoms with Crippen LogP contribution >= 0.6 is 0 Å². The Morgan fingerprint density at radius 1 is 0.479 bits per heavy atom. The first-order valence-electron chi connectivity index (χ1n) is 30.0. The van der Waals surface area contributed by atoms with Gasteiger partial charge in [0.1, 0.15) is 24.4 Å². The predicted octanol–water partition coefficient (Wildman–Crippen LogP) is 15.1. The summed E-state index contributed by atoms with van der Waals surface area (Å²) in [5.41, 5.74) is 0. The molecule has 7 atom stereocenters. The molecule has 0 radical (unpaired) electrons. The normalized spacial score (nSPS) is 19.7. The summed E-state index contributed by atoms with van der Waals surface area (Å²) >= 11 is 0. The van der Waals surface area contributed by atoms with Crippen LogP contribution < -0.4 is 5.32 Å². The predicted molar refractivity (Wildman–Crippen MR) is 299 cm³/mol. The number of carbonyl (C=O) groups excluding carboxylic acids is 1. The molecule has 0 aromatic heterocycles. The van der Waals surface area contributed by atoms with Crippen LogP contribution in [0, 0.1) is 0 Å². The molecule has 1 heterocycles. The molecule has 1 amide bonds. The molecule has 0 spiro atoms. The quantitative estimate of drug-likeness (QED) is 0.0261. The Morgan fingerprint density at radius 3 is 1.27 bits per heavy atom. The van der Waals surface area contributed by atoms with Crippen LogP contribution in [0.25, 0.3) is 0 Å². The van der Waals surface area contributed by atoms with E-state index in [2.05, 4.69) is 67.8 Å². The number of carbonyl (C=O) groups is 1. The van der Waals surface area contributed by atoms with Crippen molar-refractivity contribution in [3.8, 4) is 0 Å². The van der Waals surface area contributed by atoms with Crippen LogP contribution in [0.15, 0.2) is 60.8 Å². The van der Waals surface area contributed by atoms with Gasteiger partial charge < -0.3 is 40.3 Å². The van der Waals surface area contributed by atoms with Crippen molar-refractivity contribution in [1.29, 1.82) is 0 Å². The summed E-state index contributed by atoms with van der Waals surface area (Å²) in [6.45, 7) is 3.77. The van der Waals surface area contributed by atoms with Crippen molar-refractivity contribution >= 4 is 5.91 Å². The Balaban J connectivity index is 2.26. The molecular formula is C62H113NO8. The fourth-order valence-corrected chi connectivity index (χ4v) is 9.28. The van der Waals surface area contributed by atoms with Gasteiger partial charge in [-0.05, 0) is 77.0 Å². The summed E-state index contributed by atoms with van der Waals surface area (Å²) in [5.74, 6) is -0.195. The second-order valence-corrected chi connectivity index (χ2v) is 20.8. The molecule has 0 bridgehead atoms. The van der Waals surface area contributed by atoms with Crippen molar-refractivity contribution < 1.29 is 39.8 Å². The van der Waals surface area contributed by atoms with Crippen LogP contribution in [0.3, 0.4) is 0 Å². The number of hydrogen-bond acceptors (Lipinski definition) is 8. The van der Waals surface area contributed by atoms with E-state index in [0.717, 1.165) is 64.2 Å². The largest absolute Gasteiger partial charge is 0.394 e. The molecule has 0 aromatic rings. The lowest BCUT2D eigenvalue weighted by atomic mass is 9.99. The highest BCUT2D eigenvalue weighted by molar-refractivity contribution is 5.76. The summed E-state index contributed by atoms with van der Waals surface area (Å²) < 4.78 is 11.3. The first-order chi connectivity index (χ1) is 34.8. The lowest BCUT2D eigenvalue weighted by Gasteiger charge is -2.40. The van der Waals surface area contributed by atoms with Crippen molar-refractivity contribution in [2.24, 2.45) is 0 Å². The standard InChI is InChI=1S/C62H113NO8/c1-3-5-7-9-11-13-15-17-19-21-23-25-26-27-28-29-30-32-33-35-37-39-41-43-45-47-49-51-56(65)55(54-70-62-61(69)60(68)59(67)57(53-64)71-62)63-58(66)52-50-48-46-44-42-40-38-36-34-31-24-22-20-18-16-14-12-10-8-6-4-2/h16,18,22,24,33,35,41,43,49,51,55-57,59-62,64-65,67-69H,3-15,17,19-21,23,25-32,34,36-40,42,44-48,50,52-54H2,1-2H3,(H,63,66)/b18-16-,24-22-,35-33+,43-41+,51-49+. The van der Waals surface area contributed by atoms with Crippen molar-refractivity contribution in [2.75, 3.05) is 13.2 Å². The van der Waals surface area contributed by atoms with Gasteiger partial charge in [0.25, 0.3) is 0 Å². The van der Waals surface area contributed by atoms with Crippen LogP contribution in [-0.2, 0) is 14.3 Å². The lowest BCUT2D eigenvalue weighted by Crippen LogP contribution is -2.60. The highest BCUT2D eigenvalue weighted by Crippen LogP contribution is 2.23. The molecule has 1 rings (SSSR count). The Kier molecular flexibility index (Phi) is 48.4. The molecule has 1 saturated heterocycles. The summed E-state index contributed by atoms with van der Waals surface area (Å²) in [6.07, 6.45) is 62.9. The van der Waals surface area contributed by atoms with Crippen LogP contribution in [0.5, 0.6) is 0 Å². The zero-order valence-corrected chi connectivity index (χ0v) is 46.0. The number of unbranched alkanes of at least 4 members (excludes halogenated alkanes) is 33. The van der Waals surface area contributed by atoms with Gasteiger partial charge >= 0.3 is 0 Å². The number of aliphatic hydroxyl groups is 5. The fourth-order valence-electron chi connectivity index (χ4n) is 9.28. The van der Waals surface area contributed by atoms with E-state index in [1.165, 1.54) is 186 Å². The molecule has 0 aromatic carbocycles. The smallest absolute Gasteiger partial charge is 0.220 e. The topological polar surface area (TPSA) is 149 Å². The van der Waals surface area contributed by atoms with Gasteiger partial charge in [-0.2, -0.15) is 0 Å². The molecular weight excluding hydrogens is 887 g/mol. The third-order valence-corrected chi connectivity index (χ3v) is 14.0. The minimum absolute atomic E-state index is 0.195. The van der Waals surface area contributed by atoms with E-state index in [1.54, 1.807) is 6.08 Å². The van der Waals surface area contributed by atoms with Gasteiger partial charge in [0.05, 0.1) is 25.4 Å². The van der Waals surface area contributed by atoms with Gasteiger partial charge in [0.2, 0.25) is 5.91 Å². The molecule has 6 N–H and O–H groups in total. The van der Waals surface area contributed by atoms with Crippen molar-refractivity contribution in [3.63, 3.8) is 0 Å². The van der Waals surface area contributed by atoms with Gasteiger partial charge in [-0.3, -0.25) is 4.79 Å². The summed E-state index contributed by atoms with van der Waals surface area (Å²) in [5, 5.41) is 54.5. The van der Waals surface area contributed by atoms with E-state index >= 15 is 0 Å². The maximum atomic E-state index is 13.1. The van der Waals surface area contributed by atoms with E-state index in [0.29, 0.717) is 6.42 Å². The first-order valence-corrected chi connectivity index (χ1v) is 30.0. The number of ether oxygens (including phenoxy) is 2. The number of nitrogens with one attached hydrogen (secondary N) is 1. The second kappa shape index (κ2) is 51.4. The molecule has 7 unspecified atom stereocenters. The molecule has 0 aliphatic carbocycles. The van der Waals surface area contributed by atoms with Crippen LogP contribution in [0.2, 0.25) is 0 Å². The Morgan fingerprint density at radius 2 is 0.845 bits per heavy atom. The lowest BCUT2D eigenvalue weighted by molar-refractivity contribution is -0.302. The Bertz CT molecular complexity index is 1300. The fraction of sp³-hybridized carbons (Fsp3) is 0.823. The minimum Gasteiger partial charge on any atom is -0.394 e. The van der Waals surface area contributed by atoms with Gasteiger partial charge in [0, 0.05) is 6.42 Å². The molecule has 9 nitrogen and oxygen atoms in total. The number of aliphatic hydroxyl groups excluding tert-OH is 5. The SMILES string of the molecule is CCCCCCC/C=C\C/C=C\CCCCCCCCCCCC(=O)NC(COC1OC(CO)C(O)C(O)C1O)C(O)/C=C/CC/C=C/CC/C=C/CCCCCCCCCCCCCCCCCCC. The van der Waals surface area contributed by atoms with Gasteiger partial charge in [-0.1, -0.05) is 248 Å². The van der Waals surface area contributed by atoms with Gasteiger partial charge in [0.15, 0.2) is 6.29 Å². The Hall–Kier alpha value is -2.11.